The molecule has 1 saturated heterocycles. The van der Waals surface area contributed by atoms with Crippen molar-refractivity contribution in [3.05, 3.63) is 70.7 Å². The molecule has 172 valence electrons. The minimum atomic E-state index is -3.62. The Balaban J connectivity index is 1.32. The number of aryl methyl sites for hydroxylation is 3. The molecule has 7 nitrogen and oxygen atoms in total. The third-order valence-corrected chi connectivity index (χ3v) is 8.32. The molecule has 3 aromatic rings. The van der Waals surface area contributed by atoms with Gasteiger partial charge in [-0.3, -0.25) is 4.79 Å². The van der Waals surface area contributed by atoms with Crippen LogP contribution >= 0.6 is 0 Å². The molecule has 0 saturated carbocycles. The van der Waals surface area contributed by atoms with Gasteiger partial charge in [-0.2, -0.15) is 4.31 Å². The highest BCUT2D eigenvalue weighted by molar-refractivity contribution is 7.89. The van der Waals surface area contributed by atoms with Crippen molar-refractivity contribution in [3.63, 3.8) is 0 Å². The van der Waals surface area contributed by atoms with E-state index in [1.165, 1.54) is 22.0 Å². The van der Waals surface area contributed by atoms with Gasteiger partial charge >= 0.3 is 0 Å². The standard InChI is InChI=1S/C24H24FN3O4S/c1-16-22(23(26-32-16)18-5-8-20(25)9-6-18)24(29)27-11-13-28(14-12-27)33(30,31)21-10-7-17-3-2-4-19(17)15-21/h5-10,15H,2-4,11-14H2,1H3. The summed E-state index contributed by atoms with van der Waals surface area (Å²) in [5, 5.41) is 4.00. The Hall–Kier alpha value is -3.04. The molecule has 1 fully saturated rings. The summed E-state index contributed by atoms with van der Waals surface area (Å²) in [7, 11) is -3.62. The summed E-state index contributed by atoms with van der Waals surface area (Å²) < 4.78 is 46.4. The summed E-state index contributed by atoms with van der Waals surface area (Å²) in [4.78, 5) is 15.2. The number of amides is 1. The summed E-state index contributed by atoms with van der Waals surface area (Å²) in [6.07, 6.45) is 2.97. The van der Waals surface area contributed by atoms with Crippen molar-refractivity contribution >= 4 is 15.9 Å². The molecule has 2 heterocycles. The lowest BCUT2D eigenvalue weighted by molar-refractivity contribution is 0.0696. The Bertz CT molecular complexity index is 1310. The van der Waals surface area contributed by atoms with E-state index in [2.05, 4.69) is 5.16 Å². The molecule has 0 N–H and O–H groups in total. The molecule has 2 aromatic carbocycles. The van der Waals surface area contributed by atoms with E-state index in [1.807, 2.05) is 6.07 Å². The predicted molar refractivity (Wildman–Crippen MR) is 120 cm³/mol. The van der Waals surface area contributed by atoms with Crippen molar-refractivity contribution < 1.29 is 22.1 Å². The van der Waals surface area contributed by atoms with Crippen LogP contribution in [-0.4, -0.2) is 54.9 Å². The zero-order chi connectivity index (χ0) is 23.2. The van der Waals surface area contributed by atoms with Gasteiger partial charge in [-0.25, -0.2) is 12.8 Å². The van der Waals surface area contributed by atoms with Gasteiger partial charge in [0.15, 0.2) is 0 Å². The summed E-state index contributed by atoms with van der Waals surface area (Å²) >= 11 is 0. The SMILES string of the molecule is Cc1onc(-c2ccc(F)cc2)c1C(=O)N1CCN(S(=O)(=O)c2ccc3c(c2)CCC3)CC1. The van der Waals surface area contributed by atoms with Gasteiger partial charge in [0.1, 0.15) is 22.8 Å². The molecule has 0 unspecified atom stereocenters. The maximum absolute atomic E-state index is 13.3. The number of fused-ring (bicyclic) bond motifs is 1. The Morgan fingerprint density at radius 3 is 2.42 bits per heavy atom. The number of sulfonamides is 1. The van der Waals surface area contributed by atoms with Crippen LogP contribution in [0, 0.1) is 12.7 Å². The molecule has 0 atom stereocenters. The van der Waals surface area contributed by atoms with E-state index in [0.29, 0.717) is 27.5 Å². The molecule has 0 radical (unpaired) electrons. The van der Waals surface area contributed by atoms with E-state index in [0.717, 1.165) is 24.8 Å². The topological polar surface area (TPSA) is 83.7 Å². The largest absolute Gasteiger partial charge is 0.360 e. The quantitative estimate of drug-likeness (QED) is 0.585. The zero-order valence-corrected chi connectivity index (χ0v) is 19.1. The van der Waals surface area contributed by atoms with Crippen LogP contribution < -0.4 is 0 Å². The summed E-state index contributed by atoms with van der Waals surface area (Å²) in [5.74, 6) is -0.289. The monoisotopic (exact) mass is 469 g/mol. The maximum atomic E-state index is 13.3. The van der Waals surface area contributed by atoms with Gasteiger partial charge in [0.05, 0.1) is 4.90 Å². The number of piperazine rings is 1. The number of aromatic nitrogens is 1. The Kier molecular flexibility index (Phi) is 5.54. The van der Waals surface area contributed by atoms with Crippen molar-refractivity contribution in [1.29, 1.82) is 0 Å². The number of carbonyl (C=O) groups is 1. The lowest BCUT2D eigenvalue weighted by Crippen LogP contribution is -2.50. The van der Waals surface area contributed by atoms with Gasteiger partial charge in [-0.15, -0.1) is 0 Å². The van der Waals surface area contributed by atoms with Crippen LogP contribution in [0.2, 0.25) is 0 Å². The lowest BCUT2D eigenvalue weighted by Gasteiger charge is -2.34. The van der Waals surface area contributed by atoms with Crippen molar-refractivity contribution in [1.82, 2.24) is 14.4 Å². The van der Waals surface area contributed by atoms with Gasteiger partial charge in [0.2, 0.25) is 10.0 Å². The van der Waals surface area contributed by atoms with E-state index in [1.54, 1.807) is 36.1 Å². The number of hydrogen-bond donors (Lipinski definition) is 0. The maximum Gasteiger partial charge on any atom is 0.259 e. The smallest absolute Gasteiger partial charge is 0.259 e. The van der Waals surface area contributed by atoms with Crippen molar-refractivity contribution in [2.45, 2.75) is 31.1 Å². The third-order valence-electron chi connectivity index (χ3n) is 6.43. The molecular formula is C24H24FN3O4S. The average molecular weight is 470 g/mol. The Morgan fingerprint density at radius 2 is 1.70 bits per heavy atom. The molecule has 9 heteroatoms. The van der Waals surface area contributed by atoms with Crippen LogP contribution in [0.4, 0.5) is 4.39 Å². The summed E-state index contributed by atoms with van der Waals surface area (Å²) in [5.41, 5.74) is 3.59. The number of carbonyl (C=O) groups excluding carboxylic acids is 1. The van der Waals surface area contributed by atoms with Gasteiger partial charge < -0.3 is 9.42 Å². The van der Waals surface area contributed by atoms with Crippen LogP contribution in [0.15, 0.2) is 51.9 Å². The normalized spacial score (nSPS) is 16.7. The molecule has 1 aliphatic heterocycles. The van der Waals surface area contributed by atoms with Crippen LogP contribution in [0.1, 0.15) is 33.7 Å². The second kappa shape index (κ2) is 8.39. The van der Waals surface area contributed by atoms with Crippen LogP contribution in [0.3, 0.4) is 0 Å². The molecule has 0 spiro atoms. The molecule has 33 heavy (non-hydrogen) atoms. The highest BCUT2D eigenvalue weighted by atomic mass is 32.2. The summed E-state index contributed by atoms with van der Waals surface area (Å²) in [6.45, 7) is 2.59. The van der Waals surface area contributed by atoms with Crippen LogP contribution in [0.25, 0.3) is 11.3 Å². The fourth-order valence-electron chi connectivity index (χ4n) is 4.58. The van der Waals surface area contributed by atoms with Gasteiger partial charge in [0, 0.05) is 31.7 Å². The minimum absolute atomic E-state index is 0.210. The molecule has 5 rings (SSSR count). The van der Waals surface area contributed by atoms with E-state index >= 15 is 0 Å². The van der Waals surface area contributed by atoms with E-state index in [9.17, 15) is 17.6 Å². The molecule has 0 bridgehead atoms. The second-order valence-electron chi connectivity index (χ2n) is 8.45. The molecular weight excluding hydrogens is 445 g/mol. The molecule has 1 aliphatic carbocycles. The highest BCUT2D eigenvalue weighted by Gasteiger charge is 2.33. The number of halogens is 1. The Labute approximate surface area is 191 Å². The number of rotatable bonds is 4. The average Bonchev–Trinajstić information content (AvgIpc) is 3.45. The number of benzene rings is 2. The molecule has 2 aliphatic rings. The minimum Gasteiger partial charge on any atom is -0.360 e. The van der Waals surface area contributed by atoms with Crippen LogP contribution in [0.5, 0.6) is 0 Å². The highest BCUT2D eigenvalue weighted by Crippen LogP contribution is 2.29. The van der Waals surface area contributed by atoms with Crippen molar-refractivity contribution in [2.75, 3.05) is 26.2 Å². The molecule has 1 amide bonds. The second-order valence-corrected chi connectivity index (χ2v) is 10.4. The Morgan fingerprint density at radius 1 is 1.00 bits per heavy atom. The first kappa shape index (κ1) is 21.8. The van der Waals surface area contributed by atoms with Crippen LogP contribution in [-0.2, 0) is 22.9 Å². The van der Waals surface area contributed by atoms with E-state index in [-0.39, 0.29) is 37.9 Å². The fraction of sp³-hybridized carbons (Fsp3) is 0.333. The molecule has 1 aromatic heterocycles. The van der Waals surface area contributed by atoms with E-state index < -0.39 is 10.0 Å². The first-order chi connectivity index (χ1) is 15.8. The number of hydrogen-bond acceptors (Lipinski definition) is 5. The lowest BCUT2D eigenvalue weighted by atomic mass is 10.0. The predicted octanol–water partition coefficient (Wildman–Crippen LogP) is 3.42. The van der Waals surface area contributed by atoms with E-state index in [4.69, 9.17) is 4.52 Å². The first-order valence-electron chi connectivity index (χ1n) is 11.0. The van der Waals surface area contributed by atoms with Gasteiger partial charge in [-0.05, 0) is 73.7 Å². The fourth-order valence-corrected chi connectivity index (χ4v) is 6.05. The van der Waals surface area contributed by atoms with Crippen molar-refractivity contribution in [3.8, 4) is 11.3 Å². The zero-order valence-electron chi connectivity index (χ0n) is 18.3. The van der Waals surface area contributed by atoms with Crippen molar-refractivity contribution in [2.24, 2.45) is 0 Å². The van der Waals surface area contributed by atoms with Gasteiger partial charge in [-0.1, -0.05) is 11.2 Å². The first-order valence-corrected chi connectivity index (χ1v) is 12.4. The van der Waals surface area contributed by atoms with Gasteiger partial charge in [0.25, 0.3) is 5.91 Å². The summed E-state index contributed by atoms with van der Waals surface area (Å²) in [6, 6.07) is 11.1. The third kappa shape index (κ3) is 3.95. The number of nitrogens with zero attached hydrogens (tertiary/aromatic N) is 3.